The number of rotatable bonds is 8. The van der Waals surface area contributed by atoms with Crippen molar-refractivity contribution in [3.05, 3.63) is 97.0 Å². The SMILES string of the molecule is CCOc1cc(C=Nn2c(C3CCCCC3)nc3ccccc3c2=O)c(Br)c(Cl)c1OCc1ccc(C)cc1. The Morgan fingerprint density at radius 3 is 2.59 bits per heavy atom. The number of benzene rings is 3. The zero-order valence-electron chi connectivity index (χ0n) is 22.1. The monoisotopic (exact) mass is 607 g/mol. The van der Waals surface area contributed by atoms with Crippen molar-refractivity contribution >= 4 is 44.6 Å². The largest absolute Gasteiger partial charge is 0.490 e. The molecule has 0 amide bonds. The van der Waals surface area contributed by atoms with Gasteiger partial charge in [0.2, 0.25) is 0 Å². The predicted octanol–water partition coefficient (Wildman–Crippen LogP) is 8.03. The molecule has 0 saturated heterocycles. The fourth-order valence-electron chi connectivity index (χ4n) is 4.93. The Morgan fingerprint density at radius 1 is 1.10 bits per heavy atom. The molecule has 1 saturated carbocycles. The summed E-state index contributed by atoms with van der Waals surface area (Å²) in [5, 5.41) is 5.59. The van der Waals surface area contributed by atoms with Crippen molar-refractivity contribution in [1.82, 2.24) is 9.66 Å². The molecule has 0 unspecified atom stereocenters. The molecule has 0 aliphatic heterocycles. The van der Waals surface area contributed by atoms with Crippen LogP contribution in [0.15, 0.2) is 69.0 Å². The van der Waals surface area contributed by atoms with Gasteiger partial charge in [0.15, 0.2) is 11.5 Å². The van der Waals surface area contributed by atoms with Crippen molar-refractivity contribution in [2.24, 2.45) is 5.10 Å². The van der Waals surface area contributed by atoms with E-state index < -0.39 is 0 Å². The Hall–Kier alpha value is -3.16. The molecule has 0 N–H and O–H groups in total. The average Bonchev–Trinajstić information content (AvgIpc) is 2.96. The second kappa shape index (κ2) is 12.3. The molecule has 0 atom stereocenters. The summed E-state index contributed by atoms with van der Waals surface area (Å²) in [6.07, 6.45) is 7.09. The van der Waals surface area contributed by atoms with Crippen LogP contribution >= 0.6 is 27.5 Å². The first-order valence-corrected chi connectivity index (χ1v) is 14.5. The maximum atomic E-state index is 13.6. The smallest absolute Gasteiger partial charge is 0.282 e. The number of halogens is 2. The predicted molar refractivity (Wildman–Crippen MR) is 161 cm³/mol. The van der Waals surface area contributed by atoms with Crippen molar-refractivity contribution in [2.45, 2.75) is 58.5 Å². The average molecular weight is 609 g/mol. The van der Waals surface area contributed by atoms with Gasteiger partial charge in [-0.3, -0.25) is 4.79 Å². The van der Waals surface area contributed by atoms with Crippen LogP contribution in [0, 0.1) is 6.92 Å². The summed E-state index contributed by atoms with van der Waals surface area (Å²) in [4.78, 5) is 18.5. The molecular weight excluding hydrogens is 578 g/mol. The van der Waals surface area contributed by atoms with E-state index in [0.717, 1.165) is 31.2 Å². The van der Waals surface area contributed by atoms with Gasteiger partial charge in [0, 0.05) is 16.0 Å². The third-order valence-corrected chi connectivity index (χ3v) is 8.46. The lowest BCUT2D eigenvalue weighted by Crippen LogP contribution is -2.25. The topological polar surface area (TPSA) is 65.7 Å². The van der Waals surface area contributed by atoms with Gasteiger partial charge >= 0.3 is 0 Å². The lowest BCUT2D eigenvalue weighted by atomic mass is 9.88. The standard InChI is InChI=1S/C31H31BrClN3O3/c1-3-38-26-17-23(27(32)28(33)29(26)39-19-21-15-13-20(2)14-16-21)18-34-36-30(22-9-5-4-6-10-22)35-25-12-8-7-11-24(25)31(36)37/h7-8,11-18,22H,3-6,9-10,19H2,1-2H3. The summed E-state index contributed by atoms with van der Waals surface area (Å²) in [5.74, 6) is 1.86. The number of para-hydroxylation sites is 1. The summed E-state index contributed by atoms with van der Waals surface area (Å²) in [7, 11) is 0. The van der Waals surface area contributed by atoms with Gasteiger partial charge in [-0.15, -0.1) is 0 Å². The maximum Gasteiger partial charge on any atom is 0.282 e. The number of aryl methyl sites for hydroxylation is 1. The van der Waals surface area contributed by atoms with Crippen LogP contribution in [-0.2, 0) is 6.61 Å². The molecule has 1 heterocycles. The number of aromatic nitrogens is 2. The van der Waals surface area contributed by atoms with Crippen LogP contribution < -0.4 is 15.0 Å². The van der Waals surface area contributed by atoms with Crippen LogP contribution in [0.2, 0.25) is 5.02 Å². The molecule has 1 aromatic heterocycles. The van der Waals surface area contributed by atoms with Crippen LogP contribution in [0.3, 0.4) is 0 Å². The van der Waals surface area contributed by atoms with E-state index in [1.165, 1.54) is 16.7 Å². The number of hydrogen-bond donors (Lipinski definition) is 0. The molecule has 1 aliphatic rings. The quantitative estimate of drug-likeness (QED) is 0.190. The molecule has 1 fully saturated rings. The van der Waals surface area contributed by atoms with E-state index in [1.54, 1.807) is 12.3 Å². The Balaban J connectivity index is 1.53. The van der Waals surface area contributed by atoms with E-state index in [4.69, 9.17) is 26.1 Å². The zero-order valence-corrected chi connectivity index (χ0v) is 24.5. The van der Waals surface area contributed by atoms with Crippen LogP contribution in [0.25, 0.3) is 10.9 Å². The number of ether oxygens (including phenoxy) is 2. The van der Waals surface area contributed by atoms with Crippen molar-refractivity contribution in [3.8, 4) is 11.5 Å². The molecule has 0 bridgehead atoms. The highest BCUT2D eigenvalue weighted by molar-refractivity contribution is 9.10. The second-order valence-electron chi connectivity index (χ2n) is 9.81. The molecule has 5 rings (SSSR count). The highest BCUT2D eigenvalue weighted by Crippen LogP contribution is 2.42. The van der Waals surface area contributed by atoms with Crippen LogP contribution in [0.1, 0.15) is 67.5 Å². The molecule has 4 aromatic rings. The van der Waals surface area contributed by atoms with Gasteiger partial charge in [-0.25, -0.2) is 4.98 Å². The summed E-state index contributed by atoms with van der Waals surface area (Å²) in [5.41, 5.74) is 3.40. The van der Waals surface area contributed by atoms with E-state index in [1.807, 2.05) is 62.4 Å². The normalized spacial score (nSPS) is 14.3. The van der Waals surface area contributed by atoms with Crippen molar-refractivity contribution in [3.63, 3.8) is 0 Å². The van der Waals surface area contributed by atoms with Crippen molar-refractivity contribution in [1.29, 1.82) is 0 Å². The minimum Gasteiger partial charge on any atom is -0.490 e. The van der Waals surface area contributed by atoms with E-state index >= 15 is 0 Å². The Bertz CT molecular complexity index is 1560. The molecule has 0 spiro atoms. The highest BCUT2D eigenvalue weighted by atomic mass is 79.9. The summed E-state index contributed by atoms with van der Waals surface area (Å²) in [6, 6.07) is 17.4. The van der Waals surface area contributed by atoms with E-state index in [9.17, 15) is 4.79 Å². The molecule has 8 heteroatoms. The van der Waals surface area contributed by atoms with Gasteiger partial charge in [0.05, 0.1) is 23.7 Å². The molecule has 6 nitrogen and oxygen atoms in total. The first kappa shape index (κ1) is 27.4. The first-order chi connectivity index (χ1) is 19.0. The van der Waals surface area contributed by atoms with Gasteiger partial charge in [0.25, 0.3) is 5.56 Å². The fraction of sp³-hybridized carbons (Fsp3) is 0.323. The van der Waals surface area contributed by atoms with Crippen molar-refractivity contribution in [2.75, 3.05) is 6.61 Å². The third-order valence-electron chi connectivity index (χ3n) is 7.02. The Morgan fingerprint density at radius 2 is 1.85 bits per heavy atom. The molecule has 1 aliphatic carbocycles. The van der Waals surface area contributed by atoms with Gasteiger partial charge < -0.3 is 9.47 Å². The van der Waals surface area contributed by atoms with Crippen molar-refractivity contribution < 1.29 is 9.47 Å². The molecule has 0 radical (unpaired) electrons. The maximum absolute atomic E-state index is 13.6. The fourth-order valence-corrected chi connectivity index (χ4v) is 5.59. The summed E-state index contributed by atoms with van der Waals surface area (Å²) >= 11 is 10.4. The van der Waals surface area contributed by atoms with Gasteiger partial charge in [0.1, 0.15) is 17.5 Å². The second-order valence-corrected chi connectivity index (χ2v) is 11.0. The van der Waals surface area contributed by atoms with Crippen LogP contribution in [0.4, 0.5) is 0 Å². The summed E-state index contributed by atoms with van der Waals surface area (Å²) < 4.78 is 14.1. The van der Waals surface area contributed by atoms with Gasteiger partial charge in [-0.05, 0) is 66.4 Å². The van der Waals surface area contributed by atoms with E-state index in [2.05, 4.69) is 21.0 Å². The van der Waals surface area contributed by atoms with Gasteiger partial charge in [-0.1, -0.05) is 72.8 Å². The van der Waals surface area contributed by atoms with E-state index in [-0.39, 0.29) is 11.5 Å². The molecule has 202 valence electrons. The third kappa shape index (κ3) is 6.04. The summed E-state index contributed by atoms with van der Waals surface area (Å²) in [6.45, 7) is 4.74. The minimum atomic E-state index is -0.178. The number of fused-ring (bicyclic) bond motifs is 1. The highest BCUT2D eigenvalue weighted by Gasteiger charge is 2.23. The van der Waals surface area contributed by atoms with Crippen LogP contribution in [-0.4, -0.2) is 22.5 Å². The first-order valence-electron chi connectivity index (χ1n) is 13.4. The number of hydrogen-bond acceptors (Lipinski definition) is 5. The molecular formula is C31H31BrClN3O3. The van der Waals surface area contributed by atoms with E-state index in [0.29, 0.717) is 56.5 Å². The Kier molecular flexibility index (Phi) is 8.68. The van der Waals surface area contributed by atoms with Gasteiger partial charge in [-0.2, -0.15) is 9.78 Å². The number of nitrogens with zero attached hydrogens (tertiary/aromatic N) is 3. The molecule has 3 aromatic carbocycles. The molecule has 39 heavy (non-hydrogen) atoms. The lowest BCUT2D eigenvalue weighted by Gasteiger charge is -2.22. The van der Waals surface area contributed by atoms with Crippen LogP contribution in [0.5, 0.6) is 11.5 Å². The Labute approximate surface area is 241 Å². The minimum absolute atomic E-state index is 0.178. The lowest BCUT2D eigenvalue weighted by molar-refractivity contribution is 0.269. The zero-order chi connectivity index (χ0) is 27.4.